The molecule has 0 saturated carbocycles. The van der Waals surface area contributed by atoms with Gasteiger partial charge in [0.15, 0.2) is 5.96 Å². The van der Waals surface area contributed by atoms with E-state index in [0.29, 0.717) is 13.0 Å². The third-order valence-corrected chi connectivity index (χ3v) is 3.06. The molecule has 0 heterocycles. The molecule has 0 aromatic heterocycles. The van der Waals surface area contributed by atoms with E-state index in [0.717, 1.165) is 29.0 Å². The normalized spacial score (nSPS) is 11.2. The van der Waals surface area contributed by atoms with E-state index >= 15 is 0 Å². The lowest BCUT2D eigenvalue weighted by Crippen LogP contribution is -2.37. The molecular weight excluding hydrogens is 309 g/mol. The van der Waals surface area contributed by atoms with Crippen molar-refractivity contribution in [3.05, 3.63) is 46.7 Å². The highest BCUT2D eigenvalue weighted by Gasteiger charge is 2.02. The lowest BCUT2D eigenvalue weighted by atomic mass is 10.1. The number of hydrogen-bond donors (Lipinski definition) is 2. The Balaban J connectivity index is 2.32. The van der Waals surface area contributed by atoms with Crippen LogP contribution in [0.4, 0.5) is 4.39 Å². The van der Waals surface area contributed by atoms with E-state index in [1.807, 2.05) is 12.1 Å². The van der Waals surface area contributed by atoms with Crippen LogP contribution in [0.15, 0.2) is 40.3 Å². The van der Waals surface area contributed by atoms with Gasteiger partial charge in [-0.25, -0.2) is 4.39 Å². The summed E-state index contributed by atoms with van der Waals surface area (Å²) in [6.45, 7) is 5.04. The van der Waals surface area contributed by atoms with Crippen LogP contribution >= 0.6 is 15.9 Å². The van der Waals surface area contributed by atoms with Gasteiger partial charge >= 0.3 is 0 Å². The third kappa shape index (κ3) is 5.87. The Morgan fingerprint density at radius 1 is 1.47 bits per heavy atom. The van der Waals surface area contributed by atoms with Crippen molar-refractivity contribution >= 4 is 21.9 Å². The Morgan fingerprint density at radius 2 is 2.26 bits per heavy atom. The zero-order chi connectivity index (χ0) is 14.1. The van der Waals surface area contributed by atoms with Gasteiger partial charge in [-0.1, -0.05) is 28.1 Å². The van der Waals surface area contributed by atoms with Crippen LogP contribution in [0.1, 0.15) is 12.0 Å². The first-order chi connectivity index (χ1) is 9.17. The third-order valence-electron chi connectivity index (χ3n) is 2.57. The molecule has 0 fully saturated rings. The van der Waals surface area contributed by atoms with Gasteiger partial charge in [-0.15, -0.1) is 6.58 Å². The molecule has 0 spiro atoms. The molecule has 1 aromatic carbocycles. The topological polar surface area (TPSA) is 36.4 Å². The maximum atomic E-state index is 13.6. The molecule has 3 nitrogen and oxygen atoms in total. The second-order valence-corrected chi connectivity index (χ2v) is 4.92. The van der Waals surface area contributed by atoms with Gasteiger partial charge in [-0.05, 0) is 30.5 Å². The fourth-order valence-electron chi connectivity index (χ4n) is 1.60. The number of hydrogen-bond acceptors (Lipinski definition) is 1. The fourth-order valence-corrected chi connectivity index (χ4v) is 1.93. The smallest absolute Gasteiger partial charge is 0.191 e. The van der Waals surface area contributed by atoms with Crippen LogP contribution in [0.5, 0.6) is 0 Å². The summed E-state index contributed by atoms with van der Waals surface area (Å²) in [7, 11) is 1.72. The van der Waals surface area contributed by atoms with Crippen molar-refractivity contribution in [3.8, 4) is 0 Å². The number of nitrogens with zero attached hydrogens (tertiary/aromatic N) is 1. The van der Waals surface area contributed by atoms with Gasteiger partial charge in [0.05, 0.1) is 0 Å². The summed E-state index contributed by atoms with van der Waals surface area (Å²) in [5.74, 6) is 0.569. The van der Waals surface area contributed by atoms with Gasteiger partial charge in [-0.2, -0.15) is 0 Å². The maximum Gasteiger partial charge on any atom is 0.191 e. The Hall–Kier alpha value is -1.36. The summed E-state index contributed by atoms with van der Waals surface area (Å²) in [5, 5.41) is 6.24. The van der Waals surface area contributed by atoms with E-state index in [1.54, 1.807) is 13.1 Å². The van der Waals surface area contributed by atoms with Crippen molar-refractivity contribution in [2.75, 3.05) is 20.1 Å². The number of aliphatic imine (C=N–C) groups is 1. The molecular formula is C14H19BrFN3. The van der Waals surface area contributed by atoms with Crippen LogP contribution in [-0.2, 0) is 6.42 Å². The number of rotatable bonds is 6. The summed E-state index contributed by atoms with van der Waals surface area (Å²) in [4.78, 5) is 4.07. The van der Waals surface area contributed by atoms with Crippen molar-refractivity contribution in [2.24, 2.45) is 4.99 Å². The summed E-state index contributed by atoms with van der Waals surface area (Å²) >= 11 is 3.25. The number of aryl methyl sites for hydroxylation is 1. The van der Waals surface area contributed by atoms with Crippen LogP contribution in [-0.4, -0.2) is 26.1 Å². The SMILES string of the molecule is C=CCNC(=NC)NCCCc1ccc(Br)cc1F. The quantitative estimate of drug-likeness (QED) is 0.365. The Bertz CT molecular complexity index is 446. The van der Waals surface area contributed by atoms with Crippen LogP contribution in [0.2, 0.25) is 0 Å². The maximum absolute atomic E-state index is 13.6. The van der Waals surface area contributed by atoms with E-state index in [1.165, 1.54) is 6.07 Å². The lowest BCUT2D eigenvalue weighted by molar-refractivity contribution is 0.602. The van der Waals surface area contributed by atoms with E-state index in [9.17, 15) is 4.39 Å². The number of benzene rings is 1. The minimum absolute atomic E-state index is 0.163. The molecule has 19 heavy (non-hydrogen) atoms. The number of halogens is 2. The molecule has 0 aliphatic carbocycles. The van der Waals surface area contributed by atoms with Crippen molar-refractivity contribution < 1.29 is 4.39 Å². The highest BCUT2D eigenvalue weighted by molar-refractivity contribution is 9.10. The zero-order valence-corrected chi connectivity index (χ0v) is 12.6. The van der Waals surface area contributed by atoms with Gasteiger partial charge in [0.1, 0.15) is 5.82 Å². The van der Waals surface area contributed by atoms with Crippen LogP contribution in [0.25, 0.3) is 0 Å². The van der Waals surface area contributed by atoms with Crippen LogP contribution in [0.3, 0.4) is 0 Å². The molecule has 0 bridgehead atoms. The zero-order valence-electron chi connectivity index (χ0n) is 11.0. The lowest BCUT2D eigenvalue weighted by Gasteiger charge is -2.10. The second kappa shape index (κ2) is 8.69. The van der Waals surface area contributed by atoms with E-state index in [4.69, 9.17) is 0 Å². The summed E-state index contributed by atoms with van der Waals surface area (Å²) in [5.41, 5.74) is 0.735. The number of nitrogens with one attached hydrogen (secondary N) is 2. The van der Waals surface area contributed by atoms with Crippen LogP contribution < -0.4 is 10.6 Å². The van der Waals surface area contributed by atoms with Crippen molar-refractivity contribution in [1.29, 1.82) is 0 Å². The van der Waals surface area contributed by atoms with Crippen molar-refractivity contribution in [3.63, 3.8) is 0 Å². The average Bonchev–Trinajstić information content (AvgIpc) is 2.40. The summed E-state index contributed by atoms with van der Waals surface area (Å²) < 4.78 is 14.3. The van der Waals surface area contributed by atoms with Crippen molar-refractivity contribution in [1.82, 2.24) is 10.6 Å². The Kier molecular flexibility index (Phi) is 7.18. The van der Waals surface area contributed by atoms with E-state index < -0.39 is 0 Å². The van der Waals surface area contributed by atoms with Gasteiger partial charge in [0.2, 0.25) is 0 Å². The van der Waals surface area contributed by atoms with E-state index in [2.05, 4.69) is 38.1 Å². The average molecular weight is 328 g/mol. The minimum atomic E-state index is -0.163. The first-order valence-corrected chi connectivity index (χ1v) is 6.96. The Labute approximate surface area is 122 Å². The molecule has 1 aromatic rings. The van der Waals surface area contributed by atoms with Gasteiger partial charge in [0, 0.05) is 24.6 Å². The van der Waals surface area contributed by atoms with Gasteiger partial charge in [-0.3, -0.25) is 4.99 Å². The molecule has 0 amide bonds. The predicted molar refractivity (Wildman–Crippen MR) is 82.0 cm³/mol. The molecule has 104 valence electrons. The predicted octanol–water partition coefficient (Wildman–Crippen LogP) is 2.87. The highest BCUT2D eigenvalue weighted by Crippen LogP contribution is 2.16. The largest absolute Gasteiger partial charge is 0.356 e. The number of guanidine groups is 1. The second-order valence-electron chi connectivity index (χ2n) is 4.01. The highest BCUT2D eigenvalue weighted by atomic mass is 79.9. The first-order valence-electron chi connectivity index (χ1n) is 6.16. The molecule has 2 N–H and O–H groups in total. The van der Waals surface area contributed by atoms with Gasteiger partial charge in [0.25, 0.3) is 0 Å². The standard InChI is InChI=1S/C14H19BrFN3/c1-3-8-18-14(17-2)19-9-4-5-11-6-7-12(15)10-13(11)16/h3,6-7,10H,1,4-5,8-9H2,2H3,(H2,17,18,19). The summed E-state index contributed by atoms with van der Waals surface area (Å²) in [6, 6.07) is 5.16. The molecule has 0 saturated heterocycles. The fraction of sp³-hybridized carbons (Fsp3) is 0.357. The van der Waals surface area contributed by atoms with E-state index in [-0.39, 0.29) is 5.82 Å². The molecule has 0 atom stereocenters. The molecule has 1 rings (SSSR count). The molecule has 0 radical (unpaired) electrons. The van der Waals surface area contributed by atoms with Crippen LogP contribution in [0, 0.1) is 5.82 Å². The summed E-state index contributed by atoms with van der Waals surface area (Å²) in [6.07, 6.45) is 3.31. The minimum Gasteiger partial charge on any atom is -0.356 e. The molecule has 5 heteroatoms. The molecule has 0 aliphatic heterocycles. The Morgan fingerprint density at radius 3 is 2.89 bits per heavy atom. The monoisotopic (exact) mass is 327 g/mol. The molecule has 0 aliphatic rings. The first kappa shape index (κ1) is 15.7. The van der Waals surface area contributed by atoms with Crippen molar-refractivity contribution in [2.45, 2.75) is 12.8 Å². The van der Waals surface area contributed by atoms with Gasteiger partial charge < -0.3 is 10.6 Å². The molecule has 0 unspecified atom stereocenters.